The van der Waals surface area contributed by atoms with E-state index in [9.17, 15) is 9.59 Å². The maximum atomic E-state index is 13.1. The Bertz CT molecular complexity index is 788. The van der Waals surface area contributed by atoms with Crippen molar-refractivity contribution < 1.29 is 14.1 Å². The van der Waals surface area contributed by atoms with Crippen molar-refractivity contribution in [2.45, 2.75) is 52.1 Å². The molecule has 2 amide bonds. The second-order valence-electron chi connectivity index (χ2n) is 7.39. The van der Waals surface area contributed by atoms with Crippen LogP contribution in [0.3, 0.4) is 0 Å². The first kappa shape index (κ1) is 19.1. The van der Waals surface area contributed by atoms with Crippen LogP contribution in [0.2, 0.25) is 0 Å². The summed E-state index contributed by atoms with van der Waals surface area (Å²) in [5.41, 5.74) is 0.777. The van der Waals surface area contributed by atoms with Gasteiger partial charge >= 0.3 is 11.8 Å². The van der Waals surface area contributed by atoms with Crippen LogP contribution < -0.4 is 5.32 Å². The second kappa shape index (κ2) is 8.33. The highest BCUT2D eigenvalue weighted by Crippen LogP contribution is 2.22. The van der Waals surface area contributed by atoms with Gasteiger partial charge in [-0.15, -0.1) is 0 Å². The number of hydrogen-bond donors (Lipinski definition) is 1. The lowest BCUT2D eigenvalue weighted by atomic mass is 9.97. The van der Waals surface area contributed by atoms with Gasteiger partial charge < -0.3 is 14.7 Å². The van der Waals surface area contributed by atoms with Crippen molar-refractivity contribution in [1.82, 2.24) is 20.4 Å². The van der Waals surface area contributed by atoms with Gasteiger partial charge in [-0.3, -0.25) is 9.59 Å². The molecule has 0 bridgehead atoms. The molecule has 0 unspecified atom stereocenters. The van der Waals surface area contributed by atoms with Gasteiger partial charge in [-0.25, -0.2) is 0 Å². The lowest BCUT2D eigenvalue weighted by Gasteiger charge is -2.39. The van der Waals surface area contributed by atoms with Gasteiger partial charge in [-0.1, -0.05) is 62.7 Å². The van der Waals surface area contributed by atoms with E-state index >= 15 is 0 Å². The zero-order valence-corrected chi connectivity index (χ0v) is 16.0. The predicted molar refractivity (Wildman–Crippen MR) is 101 cm³/mol. The monoisotopic (exact) mass is 370 g/mol. The average molecular weight is 370 g/mol. The third-order valence-electron chi connectivity index (χ3n) is 4.68. The maximum absolute atomic E-state index is 13.1. The van der Waals surface area contributed by atoms with Gasteiger partial charge in [0, 0.05) is 18.2 Å². The first-order valence-corrected chi connectivity index (χ1v) is 9.50. The van der Waals surface area contributed by atoms with Crippen molar-refractivity contribution in [3.8, 4) is 11.4 Å². The molecular formula is C20H26N4O3. The molecule has 2 aromatic rings. The maximum Gasteiger partial charge on any atom is 0.316 e. The van der Waals surface area contributed by atoms with E-state index in [1.165, 1.54) is 0 Å². The Morgan fingerprint density at radius 1 is 1.33 bits per heavy atom. The topological polar surface area (TPSA) is 88.3 Å². The van der Waals surface area contributed by atoms with Crippen molar-refractivity contribution in [2.75, 3.05) is 6.54 Å². The molecule has 1 fully saturated rings. The zero-order valence-electron chi connectivity index (χ0n) is 16.0. The van der Waals surface area contributed by atoms with Crippen molar-refractivity contribution in [1.29, 1.82) is 0 Å². The van der Waals surface area contributed by atoms with E-state index in [1.54, 1.807) is 4.90 Å². The summed E-state index contributed by atoms with van der Waals surface area (Å²) in [5.74, 6) is 0.0793. The van der Waals surface area contributed by atoms with E-state index in [1.807, 2.05) is 44.2 Å². The Morgan fingerprint density at radius 3 is 2.74 bits per heavy atom. The number of piperazine rings is 1. The minimum absolute atomic E-state index is 0.0497. The van der Waals surface area contributed by atoms with Gasteiger partial charge in [0.1, 0.15) is 6.04 Å². The molecule has 0 radical (unpaired) electrons. The first-order chi connectivity index (χ1) is 13.0. The molecule has 2 heterocycles. The summed E-state index contributed by atoms with van der Waals surface area (Å²) in [6, 6.07) is 8.78. The van der Waals surface area contributed by atoms with Gasteiger partial charge in [-0.05, 0) is 18.8 Å². The summed E-state index contributed by atoms with van der Waals surface area (Å²) < 4.78 is 5.23. The zero-order chi connectivity index (χ0) is 19.4. The fourth-order valence-electron chi connectivity index (χ4n) is 3.40. The van der Waals surface area contributed by atoms with Crippen molar-refractivity contribution in [3.05, 3.63) is 36.2 Å². The van der Waals surface area contributed by atoms with Gasteiger partial charge in [-0.2, -0.15) is 4.98 Å². The molecule has 1 aliphatic heterocycles. The van der Waals surface area contributed by atoms with E-state index in [4.69, 9.17) is 4.52 Å². The fraction of sp³-hybridized carbons (Fsp3) is 0.500. The number of hydrogen-bond acceptors (Lipinski definition) is 5. The van der Waals surface area contributed by atoms with E-state index in [2.05, 4.69) is 22.4 Å². The number of amides is 2. The fourth-order valence-corrected chi connectivity index (χ4v) is 3.40. The number of rotatable bonds is 6. The highest BCUT2D eigenvalue weighted by Gasteiger charge is 2.39. The van der Waals surface area contributed by atoms with E-state index in [0.717, 1.165) is 18.4 Å². The van der Waals surface area contributed by atoms with Crippen LogP contribution in [0.5, 0.6) is 0 Å². The molecule has 7 nitrogen and oxygen atoms in total. The number of carbonyl (C=O) groups is 2. The first-order valence-electron chi connectivity index (χ1n) is 9.50. The summed E-state index contributed by atoms with van der Waals surface area (Å²) in [6.45, 7) is 6.59. The molecule has 1 aromatic carbocycles. The van der Waals surface area contributed by atoms with Crippen LogP contribution in [-0.2, 0) is 4.79 Å². The molecule has 7 heteroatoms. The molecule has 1 saturated heterocycles. The number of carbonyl (C=O) groups excluding carboxylic acids is 2. The Labute approximate surface area is 159 Å². The van der Waals surface area contributed by atoms with Crippen molar-refractivity contribution in [3.63, 3.8) is 0 Å². The molecular weight excluding hydrogens is 344 g/mol. The van der Waals surface area contributed by atoms with Crippen molar-refractivity contribution >= 4 is 11.8 Å². The molecule has 144 valence electrons. The van der Waals surface area contributed by atoms with Crippen LogP contribution in [0.25, 0.3) is 11.4 Å². The Hall–Kier alpha value is -2.70. The second-order valence-corrected chi connectivity index (χ2v) is 7.39. The SMILES string of the molecule is CCC[C@H]1CN(C(=O)c2nc(-c3ccccc3)no2)[C@@H](CC(C)C)C(=O)N1. The van der Waals surface area contributed by atoms with Gasteiger partial charge in [0.15, 0.2) is 0 Å². The third kappa shape index (κ3) is 4.35. The number of nitrogens with one attached hydrogen (secondary N) is 1. The predicted octanol–water partition coefficient (Wildman–Crippen LogP) is 2.89. The lowest BCUT2D eigenvalue weighted by Crippen LogP contribution is -2.61. The molecule has 2 atom stereocenters. The lowest BCUT2D eigenvalue weighted by molar-refractivity contribution is -0.130. The van der Waals surface area contributed by atoms with Gasteiger partial charge in [0.25, 0.3) is 0 Å². The summed E-state index contributed by atoms with van der Waals surface area (Å²) in [4.78, 5) is 31.6. The third-order valence-corrected chi connectivity index (χ3v) is 4.68. The quantitative estimate of drug-likeness (QED) is 0.845. The van der Waals surface area contributed by atoms with Crippen LogP contribution in [0.4, 0.5) is 0 Å². The summed E-state index contributed by atoms with van der Waals surface area (Å²) >= 11 is 0. The summed E-state index contributed by atoms with van der Waals surface area (Å²) in [5, 5.41) is 6.97. The molecule has 1 N–H and O–H groups in total. The van der Waals surface area contributed by atoms with E-state index < -0.39 is 6.04 Å². The van der Waals surface area contributed by atoms with Crippen LogP contribution >= 0.6 is 0 Å². The number of benzene rings is 1. The highest BCUT2D eigenvalue weighted by atomic mass is 16.5. The van der Waals surface area contributed by atoms with Crippen LogP contribution in [0.15, 0.2) is 34.9 Å². The average Bonchev–Trinajstić information content (AvgIpc) is 3.14. The van der Waals surface area contributed by atoms with Crippen LogP contribution in [0.1, 0.15) is 50.7 Å². The number of aromatic nitrogens is 2. The van der Waals surface area contributed by atoms with Crippen LogP contribution in [-0.4, -0.2) is 45.5 Å². The van der Waals surface area contributed by atoms with Gasteiger partial charge in [0.2, 0.25) is 11.7 Å². The number of nitrogens with zero attached hydrogens (tertiary/aromatic N) is 3. The highest BCUT2D eigenvalue weighted by molar-refractivity contribution is 5.95. The van der Waals surface area contributed by atoms with E-state index in [-0.39, 0.29) is 29.7 Å². The largest absolute Gasteiger partial charge is 0.350 e. The molecule has 1 aromatic heterocycles. The molecule has 27 heavy (non-hydrogen) atoms. The molecule has 0 spiro atoms. The van der Waals surface area contributed by atoms with Gasteiger partial charge in [0.05, 0.1) is 0 Å². The minimum Gasteiger partial charge on any atom is -0.350 e. The molecule has 1 aliphatic rings. The molecule has 3 rings (SSSR count). The summed E-state index contributed by atoms with van der Waals surface area (Å²) in [6.07, 6.45) is 2.35. The van der Waals surface area contributed by atoms with E-state index in [0.29, 0.717) is 18.8 Å². The van der Waals surface area contributed by atoms with Crippen LogP contribution in [0, 0.1) is 5.92 Å². The Morgan fingerprint density at radius 2 is 2.07 bits per heavy atom. The molecule has 0 aliphatic carbocycles. The summed E-state index contributed by atoms with van der Waals surface area (Å²) in [7, 11) is 0. The Kier molecular flexibility index (Phi) is 5.88. The molecule has 0 saturated carbocycles. The Balaban J connectivity index is 1.85. The normalized spacial score (nSPS) is 20.0. The minimum atomic E-state index is -0.516. The standard InChI is InChI=1S/C20H26N4O3/c1-4-8-15-12-24(16(11-13(2)3)18(25)21-15)20(26)19-22-17(23-27-19)14-9-6-5-7-10-14/h5-7,9-10,13,15-16H,4,8,11-12H2,1-3H3,(H,21,25)/t15-,16-/m0/s1. The van der Waals surface area contributed by atoms with Crippen molar-refractivity contribution in [2.24, 2.45) is 5.92 Å². The smallest absolute Gasteiger partial charge is 0.316 e.